The van der Waals surface area contributed by atoms with Crippen LogP contribution in [0.2, 0.25) is 0 Å². The van der Waals surface area contributed by atoms with Crippen molar-refractivity contribution in [3.05, 3.63) is 29.8 Å². The van der Waals surface area contributed by atoms with Crippen LogP contribution in [0.1, 0.15) is 25.3 Å². The van der Waals surface area contributed by atoms with Crippen LogP contribution in [0.25, 0.3) is 0 Å². The summed E-state index contributed by atoms with van der Waals surface area (Å²) >= 11 is 5.60. The van der Waals surface area contributed by atoms with Gasteiger partial charge < -0.3 is 4.90 Å². The third-order valence-corrected chi connectivity index (χ3v) is 2.82. The van der Waals surface area contributed by atoms with Gasteiger partial charge in [0, 0.05) is 24.5 Å². The molecule has 0 aromatic heterocycles. The molecule has 0 saturated heterocycles. The van der Waals surface area contributed by atoms with Crippen molar-refractivity contribution in [2.75, 3.05) is 17.3 Å². The van der Waals surface area contributed by atoms with Crippen LogP contribution in [0.4, 0.5) is 5.69 Å². The molecule has 1 aromatic rings. The van der Waals surface area contributed by atoms with Crippen LogP contribution in [-0.4, -0.2) is 18.3 Å². The molecular weight excluding hydrogens is 222 g/mol. The van der Waals surface area contributed by atoms with E-state index in [0.29, 0.717) is 18.8 Å². The zero-order valence-electron chi connectivity index (χ0n) is 9.87. The Morgan fingerprint density at radius 1 is 1.38 bits per heavy atom. The lowest BCUT2D eigenvalue weighted by Gasteiger charge is -2.22. The number of hydrogen-bond acceptors (Lipinski definition) is 1. The van der Waals surface area contributed by atoms with Gasteiger partial charge in [0.05, 0.1) is 0 Å². The number of benzene rings is 1. The van der Waals surface area contributed by atoms with E-state index in [4.69, 9.17) is 11.6 Å². The summed E-state index contributed by atoms with van der Waals surface area (Å²) < 4.78 is 0. The van der Waals surface area contributed by atoms with E-state index < -0.39 is 0 Å². The molecule has 2 nitrogen and oxygen atoms in total. The zero-order valence-corrected chi connectivity index (χ0v) is 10.6. The second-order valence-electron chi connectivity index (χ2n) is 3.72. The van der Waals surface area contributed by atoms with Gasteiger partial charge in [0.2, 0.25) is 5.91 Å². The fourth-order valence-electron chi connectivity index (χ4n) is 1.70. The fourth-order valence-corrected chi connectivity index (χ4v) is 1.83. The first-order chi connectivity index (χ1) is 7.70. The Labute approximate surface area is 102 Å². The number of rotatable bonds is 5. The van der Waals surface area contributed by atoms with Crippen molar-refractivity contribution < 1.29 is 4.79 Å². The maximum absolute atomic E-state index is 12.0. The van der Waals surface area contributed by atoms with Gasteiger partial charge in [-0.15, -0.1) is 11.6 Å². The smallest absolute Gasteiger partial charge is 0.227 e. The van der Waals surface area contributed by atoms with Gasteiger partial charge in [0.1, 0.15) is 0 Å². The largest absolute Gasteiger partial charge is 0.312 e. The molecule has 0 aliphatic rings. The molecule has 88 valence electrons. The highest BCUT2D eigenvalue weighted by molar-refractivity contribution is 6.18. The zero-order chi connectivity index (χ0) is 12.0. The highest BCUT2D eigenvalue weighted by atomic mass is 35.5. The Morgan fingerprint density at radius 2 is 2.06 bits per heavy atom. The van der Waals surface area contributed by atoms with Gasteiger partial charge in [0.25, 0.3) is 0 Å². The van der Waals surface area contributed by atoms with E-state index in [9.17, 15) is 4.79 Å². The minimum absolute atomic E-state index is 0.150. The second kappa shape index (κ2) is 6.54. The first kappa shape index (κ1) is 13.0. The Hall–Kier alpha value is -1.02. The summed E-state index contributed by atoms with van der Waals surface area (Å²) in [5.41, 5.74) is 2.13. The van der Waals surface area contributed by atoms with E-state index in [1.165, 1.54) is 0 Å². The molecule has 1 aromatic carbocycles. The summed E-state index contributed by atoms with van der Waals surface area (Å²) in [5, 5.41) is 0. The number of nitrogens with zero attached hydrogens (tertiary/aromatic N) is 1. The maximum Gasteiger partial charge on any atom is 0.227 e. The average molecular weight is 240 g/mol. The van der Waals surface area contributed by atoms with Crippen LogP contribution in [0.5, 0.6) is 0 Å². The van der Waals surface area contributed by atoms with Crippen LogP contribution in [0.3, 0.4) is 0 Å². The van der Waals surface area contributed by atoms with E-state index in [1.807, 2.05) is 43.0 Å². The lowest BCUT2D eigenvalue weighted by Crippen LogP contribution is -2.31. The molecule has 16 heavy (non-hydrogen) atoms. The normalized spacial score (nSPS) is 10.2. The molecule has 0 saturated carbocycles. The monoisotopic (exact) mass is 239 g/mol. The highest BCUT2D eigenvalue weighted by Crippen LogP contribution is 2.20. The topological polar surface area (TPSA) is 20.3 Å². The molecule has 0 aliphatic carbocycles. The number of hydrogen-bond donors (Lipinski definition) is 0. The summed E-state index contributed by atoms with van der Waals surface area (Å²) in [6.07, 6.45) is 1.26. The minimum Gasteiger partial charge on any atom is -0.312 e. The van der Waals surface area contributed by atoms with Gasteiger partial charge in [-0.25, -0.2) is 0 Å². The Kier molecular flexibility index (Phi) is 5.33. The van der Waals surface area contributed by atoms with E-state index >= 15 is 0 Å². The van der Waals surface area contributed by atoms with E-state index in [-0.39, 0.29) is 5.91 Å². The number of anilines is 1. The lowest BCUT2D eigenvalue weighted by molar-refractivity contribution is -0.118. The van der Waals surface area contributed by atoms with Gasteiger partial charge in [-0.3, -0.25) is 4.79 Å². The van der Waals surface area contributed by atoms with Gasteiger partial charge in [-0.1, -0.05) is 18.2 Å². The third kappa shape index (κ3) is 3.24. The van der Waals surface area contributed by atoms with Crippen LogP contribution in [0, 0.1) is 6.92 Å². The molecule has 0 atom stereocenters. The van der Waals surface area contributed by atoms with Crippen molar-refractivity contribution in [1.82, 2.24) is 0 Å². The Morgan fingerprint density at radius 3 is 2.62 bits per heavy atom. The molecule has 1 amide bonds. The number of carbonyl (C=O) groups excluding carboxylic acids is 1. The Bertz CT molecular complexity index is 352. The van der Waals surface area contributed by atoms with Crippen molar-refractivity contribution in [1.29, 1.82) is 0 Å². The van der Waals surface area contributed by atoms with Crippen LogP contribution >= 0.6 is 11.6 Å². The summed E-state index contributed by atoms with van der Waals surface area (Å²) in [6.45, 7) is 4.71. The Balaban J connectivity index is 2.82. The highest BCUT2D eigenvalue weighted by Gasteiger charge is 2.14. The maximum atomic E-state index is 12.0. The SMILES string of the molecule is CCN(C(=O)CCCCl)c1ccccc1C. The van der Waals surface area contributed by atoms with Gasteiger partial charge in [-0.2, -0.15) is 0 Å². The number of aryl methyl sites for hydroxylation is 1. The molecule has 0 N–H and O–H groups in total. The van der Waals surface area contributed by atoms with E-state index in [0.717, 1.165) is 17.7 Å². The number of para-hydroxylation sites is 1. The summed E-state index contributed by atoms with van der Waals surface area (Å²) in [7, 11) is 0. The van der Waals surface area contributed by atoms with Crippen LogP contribution in [0.15, 0.2) is 24.3 Å². The standard InChI is InChI=1S/C13H18ClNO/c1-3-15(13(16)9-6-10-14)12-8-5-4-7-11(12)2/h4-5,7-8H,3,6,9-10H2,1-2H3. The van der Waals surface area contributed by atoms with Gasteiger partial charge in [-0.05, 0) is 31.9 Å². The summed E-state index contributed by atoms with van der Waals surface area (Å²) in [4.78, 5) is 13.8. The predicted octanol–water partition coefficient (Wildman–Crippen LogP) is 3.37. The minimum atomic E-state index is 0.150. The number of halogens is 1. The first-order valence-corrected chi connectivity index (χ1v) is 6.16. The van der Waals surface area contributed by atoms with Crippen LogP contribution < -0.4 is 4.90 Å². The van der Waals surface area contributed by atoms with Crippen molar-refractivity contribution in [2.45, 2.75) is 26.7 Å². The van der Waals surface area contributed by atoms with E-state index in [2.05, 4.69) is 0 Å². The number of amides is 1. The molecule has 1 rings (SSSR count). The molecule has 3 heteroatoms. The third-order valence-electron chi connectivity index (χ3n) is 2.55. The van der Waals surface area contributed by atoms with Crippen molar-refractivity contribution in [2.24, 2.45) is 0 Å². The van der Waals surface area contributed by atoms with Gasteiger partial charge >= 0.3 is 0 Å². The molecule has 0 unspecified atom stereocenters. The second-order valence-corrected chi connectivity index (χ2v) is 4.09. The molecule has 0 heterocycles. The van der Waals surface area contributed by atoms with Crippen molar-refractivity contribution in [3.63, 3.8) is 0 Å². The van der Waals surface area contributed by atoms with Gasteiger partial charge in [0.15, 0.2) is 0 Å². The molecule has 0 radical (unpaired) electrons. The van der Waals surface area contributed by atoms with Crippen LogP contribution in [-0.2, 0) is 4.79 Å². The molecular formula is C13H18ClNO. The predicted molar refractivity (Wildman–Crippen MR) is 69.2 cm³/mol. The molecule has 0 aliphatic heterocycles. The fraction of sp³-hybridized carbons (Fsp3) is 0.462. The molecule has 0 fully saturated rings. The number of alkyl halides is 1. The summed E-state index contributed by atoms with van der Waals surface area (Å²) in [6, 6.07) is 7.94. The molecule has 0 bridgehead atoms. The number of carbonyl (C=O) groups is 1. The van der Waals surface area contributed by atoms with E-state index in [1.54, 1.807) is 0 Å². The average Bonchev–Trinajstić information content (AvgIpc) is 2.30. The lowest BCUT2D eigenvalue weighted by atomic mass is 10.1. The molecule has 0 spiro atoms. The first-order valence-electron chi connectivity index (χ1n) is 5.62. The van der Waals surface area contributed by atoms with Crippen molar-refractivity contribution >= 4 is 23.2 Å². The van der Waals surface area contributed by atoms with Crippen molar-refractivity contribution in [3.8, 4) is 0 Å². The summed E-state index contributed by atoms with van der Waals surface area (Å²) in [5.74, 6) is 0.689. The quantitative estimate of drug-likeness (QED) is 0.722.